The summed E-state index contributed by atoms with van der Waals surface area (Å²) in [5, 5.41) is 12.7. The third-order valence-electron chi connectivity index (χ3n) is 5.40. The molecule has 4 heteroatoms. The average molecular weight is 378 g/mol. The van der Waals surface area contributed by atoms with Gasteiger partial charge in [0.05, 0.1) is 5.56 Å². The molecular formula is C25H18N2O2. The molecule has 0 unspecified atom stereocenters. The van der Waals surface area contributed by atoms with E-state index in [4.69, 9.17) is 0 Å². The molecule has 5 rings (SSSR count). The number of hydrogen-bond acceptors (Lipinski definition) is 2. The van der Waals surface area contributed by atoms with E-state index in [-0.39, 0.29) is 0 Å². The van der Waals surface area contributed by atoms with Crippen LogP contribution in [0.25, 0.3) is 44.1 Å². The van der Waals surface area contributed by atoms with Crippen LogP contribution < -0.4 is 0 Å². The molecule has 2 aromatic heterocycles. The van der Waals surface area contributed by atoms with Crippen molar-refractivity contribution in [3.63, 3.8) is 0 Å². The smallest absolute Gasteiger partial charge is 0.335 e. The Bertz CT molecular complexity index is 1390. The number of nitrogens with one attached hydrogen (secondary N) is 1. The minimum atomic E-state index is -0.909. The SMILES string of the molecule is Cc1cc(-c2c[nH]c3ncc(-c4cccc5ccccc45)cc23)ccc1C(=O)O. The maximum absolute atomic E-state index is 11.3. The first-order valence-corrected chi connectivity index (χ1v) is 9.41. The Labute approximate surface area is 167 Å². The number of nitrogens with zero attached hydrogens (tertiary/aromatic N) is 1. The number of hydrogen-bond donors (Lipinski definition) is 2. The molecule has 5 aromatic rings. The van der Waals surface area contributed by atoms with Gasteiger partial charge >= 0.3 is 5.97 Å². The van der Waals surface area contributed by atoms with Gasteiger partial charge in [-0.15, -0.1) is 0 Å². The van der Waals surface area contributed by atoms with Crippen molar-refractivity contribution in [1.29, 1.82) is 0 Å². The highest BCUT2D eigenvalue weighted by atomic mass is 16.4. The van der Waals surface area contributed by atoms with Gasteiger partial charge in [-0.25, -0.2) is 9.78 Å². The number of rotatable bonds is 3. The molecular weight excluding hydrogens is 360 g/mol. The Kier molecular flexibility index (Phi) is 3.91. The average Bonchev–Trinajstić information content (AvgIpc) is 3.16. The van der Waals surface area contributed by atoms with Gasteiger partial charge in [-0.3, -0.25) is 0 Å². The predicted molar refractivity (Wildman–Crippen MR) is 116 cm³/mol. The molecule has 0 amide bonds. The quantitative estimate of drug-likeness (QED) is 0.401. The summed E-state index contributed by atoms with van der Waals surface area (Å²) >= 11 is 0. The fraction of sp³-hybridized carbons (Fsp3) is 0.0400. The van der Waals surface area contributed by atoms with Crippen molar-refractivity contribution in [2.75, 3.05) is 0 Å². The minimum Gasteiger partial charge on any atom is -0.478 e. The Morgan fingerprint density at radius 1 is 0.897 bits per heavy atom. The summed E-state index contributed by atoms with van der Waals surface area (Å²) in [4.78, 5) is 19.2. The van der Waals surface area contributed by atoms with Crippen molar-refractivity contribution in [1.82, 2.24) is 9.97 Å². The number of carboxylic acids is 1. The Hall–Kier alpha value is -3.92. The van der Waals surface area contributed by atoms with Crippen LogP contribution in [0.15, 0.2) is 79.1 Å². The van der Waals surface area contributed by atoms with E-state index >= 15 is 0 Å². The maximum atomic E-state index is 11.3. The van der Waals surface area contributed by atoms with Gasteiger partial charge in [0.25, 0.3) is 0 Å². The number of carboxylic acid groups (broad SMARTS) is 1. The monoisotopic (exact) mass is 378 g/mol. The number of aromatic nitrogens is 2. The number of aromatic amines is 1. The largest absolute Gasteiger partial charge is 0.478 e. The first kappa shape index (κ1) is 17.2. The van der Waals surface area contributed by atoms with E-state index in [1.807, 2.05) is 43.6 Å². The standard InChI is InChI=1S/C25H18N2O2/c1-15-11-17(9-10-19(15)25(28)29)23-14-27-24-22(23)12-18(13-26-24)21-8-4-6-16-5-2-3-7-20(16)21/h2-14H,1H3,(H,26,27)(H,28,29). The lowest BCUT2D eigenvalue weighted by Gasteiger charge is -2.08. The van der Waals surface area contributed by atoms with E-state index in [0.717, 1.165) is 38.9 Å². The van der Waals surface area contributed by atoms with Gasteiger partial charge in [-0.2, -0.15) is 0 Å². The third-order valence-corrected chi connectivity index (χ3v) is 5.40. The molecule has 0 atom stereocenters. The van der Waals surface area contributed by atoms with Gasteiger partial charge in [0.1, 0.15) is 5.65 Å². The first-order chi connectivity index (χ1) is 14.1. The van der Waals surface area contributed by atoms with Crippen LogP contribution in [0, 0.1) is 6.92 Å². The Morgan fingerprint density at radius 2 is 1.72 bits per heavy atom. The second kappa shape index (κ2) is 6.60. The molecule has 140 valence electrons. The van der Waals surface area contributed by atoms with Crippen LogP contribution >= 0.6 is 0 Å². The van der Waals surface area contributed by atoms with Gasteiger partial charge < -0.3 is 10.1 Å². The molecule has 0 fully saturated rings. The zero-order chi connectivity index (χ0) is 20.0. The number of H-pyrrole nitrogens is 1. The molecule has 0 aliphatic carbocycles. The summed E-state index contributed by atoms with van der Waals surface area (Å²) in [6, 6.07) is 22.2. The third kappa shape index (κ3) is 2.86. The van der Waals surface area contributed by atoms with E-state index in [0.29, 0.717) is 5.56 Å². The predicted octanol–water partition coefficient (Wildman–Crippen LogP) is 6.06. The highest BCUT2D eigenvalue weighted by molar-refractivity contribution is 6.01. The summed E-state index contributed by atoms with van der Waals surface area (Å²) in [5.74, 6) is -0.909. The fourth-order valence-electron chi connectivity index (χ4n) is 3.94. The first-order valence-electron chi connectivity index (χ1n) is 9.41. The van der Waals surface area contributed by atoms with Crippen LogP contribution in [0.1, 0.15) is 15.9 Å². The second-order valence-electron chi connectivity index (χ2n) is 7.18. The topological polar surface area (TPSA) is 66.0 Å². The minimum absolute atomic E-state index is 0.322. The van der Waals surface area contributed by atoms with Crippen LogP contribution in [-0.2, 0) is 0 Å². The number of benzene rings is 3. The maximum Gasteiger partial charge on any atom is 0.335 e. The van der Waals surface area contributed by atoms with Crippen LogP contribution in [-0.4, -0.2) is 21.0 Å². The lowest BCUT2D eigenvalue weighted by Crippen LogP contribution is -1.99. The highest BCUT2D eigenvalue weighted by Gasteiger charge is 2.13. The molecule has 0 radical (unpaired) electrons. The molecule has 0 aliphatic heterocycles. The van der Waals surface area contributed by atoms with Crippen LogP contribution in [0.2, 0.25) is 0 Å². The zero-order valence-corrected chi connectivity index (χ0v) is 15.8. The molecule has 0 spiro atoms. The second-order valence-corrected chi connectivity index (χ2v) is 7.18. The number of aromatic carboxylic acids is 1. The molecule has 2 heterocycles. The van der Waals surface area contributed by atoms with Crippen molar-refractivity contribution >= 4 is 27.8 Å². The van der Waals surface area contributed by atoms with Gasteiger partial charge in [-0.05, 0) is 46.5 Å². The van der Waals surface area contributed by atoms with E-state index in [1.165, 1.54) is 10.8 Å². The summed E-state index contributed by atoms with van der Waals surface area (Å²) < 4.78 is 0. The van der Waals surface area contributed by atoms with Gasteiger partial charge in [-0.1, -0.05) is 54.6 Å². The van der Waals surface area contributed by atoms with Gasteiger partial charge in [0.2, 0.25) is 0 Å². The summed E-state index contributed by atoms with van der Waals surface area (Å²) in [7, 11) is 0. The van der Waals surface area contributed by atoms with E-state index in [2.05, 4.69) is 46.4 Å². The highest BCUT2D eigenvalue weighted by Crippen LogP contribution is 2.34. The summed E-state index contributed by atoms with van der Waals surface area (Å²) in [5.41, 5.74) is 6.04. The van der Waals surface area contributed by atoms with Crippen LogP contribution in [0.3, 0.4) is 0 Å². The lowest BCUT2D eigenvalue weighted by molar-refractivity contribution is 0.0696. The van der Waals surface area contributed by atoms with Crippen molar-refractivity contribution < 1.29 is 9.90 Å². The summed E-state index contributed by atoms with van der Waals surface area (Å²) in [6.07, 6.45) is 3.82. The number of pyridine rings is 1. The lowest BCUT2D eigenvalue weighted by atomic mass is 9.97. The van der Waals surface area contributed by atoms with E-state index < -0.39 is 5.97 Å². The van der Waals surface area contributed by atoms with E-state index in [1.54, 1.807) is 6.07 Å². The van der Waals surface area contributed by atoms with Crippen LogP contribution in [0.4, 0.5) is 0 Å². The van der Waals surface area contributed by atoms with Crippen molar-refractivity contribution in [2.45, 2.75) is 6.92 Å². The number of carbonyl (C=O) groups is 1. The molecule has 0 aliphatic rings. The molecule has 3 aromatic carbocycles. The van der Waals surface area contributed by atoms with Crippen LogP contribution in [0.5, 0.6) is 0 Å². The van der Waals surface area contributed by atoms with Crippen molar-refractivity contribution in [3.8, 4) is 22.3 Å². The molecule has 29 heavy (non-hydrogen) atoms. The molecule has 2 N–H and O–H groups in total. The Morgan fingerprint density at radius 3 is 2.55 bits per heavy atom. The normalized spacial score (nSPS) is 11.2. The van der Waals surface area contributed by atoms with Crippen molar-refractivity contribution in [3.05, 3.63) is 90.3 Å². The summed E-state index contributed by atoms with van der Waals surface area (Å²) in [6.45, 7) is 1.82. The molecule has 0 saturated carbocycles. The molecule has 0 bridgehead atoms. The van der Waals surface area contributed by atoms with Gasteiger partial charge in [0, 0.05) is 28.9 Å². The Balaban J connectivity index is 1.68. The zero-order valence-electron chi connectivity index (χ0n) is 15.8. The van der Waals surface area contributed by atoms with Gasteiger partial charge in [0.15, 0.2) is 0 Å². The van der Waals surface area contributed by atoms with Crippen molar-refractivity contribution in [2.24, 2.45) is 0 Å². The fourth-order valence-corrected chi connectivity index (χ4v) is 3.94. The van der Waals surface area contributed by atoms with E-state index in [9.17, 15) is 9.90 Å². The molecule has 4 nitrogen and oxygen atoms in total. The number of aryl methyl sites for hydroxylation is 1. The number of fused-ring (bicyclic) bond motifs is 2. The molecule has 0 saturated heterocycles.